The molecule has 1 aromatic carbocycles. The number of carbonyl (C=O) groups is 4. The van der Waals surface area contributed by atoms with Crippen LogP contribution in [-0.2, 0) is 9.59 Å². The first-order chi connectivity index (χ1) is 10.8. The van der Waals surface area contributed by atoms with Crippen molar-refractivity contribution in [3.05, 3.63) is 35.4 Å². The molecule has 2 N–H and O–H groups in total. The molecular formula is C16H18N2O5. The van der Waals surface area contributed by atoms with E-state index in [4.69, 9.17) is 5.11 Å². The quantitative estimate of drug-likeness (QED) is 0.758. The summed E-state index contributed by atoms with van der Waals surface area (Å²) in [7, 11) is 0. The number of carbonyl (C=O) groups excluding carboxylic acids is 3. The number of carboxylic acid groups (broad SMARTS) is 1. The summed E-state index contributed by atoms with van der Waals surface area (Å²) in [5, 5.41) is 11.5. The molecule has 2 atom stereocenters. The third-order valence-corrected chi connectivity index (χ3v) is 3.97. The number of carboxylic acids is 1. The van der Waals surface area contributed by atoms with Crippen molar-refractivity contribution in [1.29, 1.82) is 0 Å². The van der Waals surface area contributed by atoms with Crippen LogP contribution >= 0.6 is 0 Å². The second-order valence-corrected chi connectivity index (χ2v) is 5.54. The van der Waals surface area contributed by atoms with Gasteiger partial charge in [-0.2, -0.15) is 0 Å². The molecule has 2 unspecified atom stereocenters. The summed E-state index contributed by atoms with van der Waals surface area (Å²) in [5.74, 6) is -2.95. The van der Waals surface area contributed by atoms with Crippen LogP contribution in [0.25, 0.3) is 0 Å². The second kappa shape index (κ2) is 6.60. The molecule has 1 aromatic rings. The van der Waals surface area contributed by atoms with E-state index in [9.17, 15) is 19.2 Å². The van der Waals surface area contributed by atoms with Crippen molar-refractivity contribution in [1.82, 2.24) is 10.2 Å². The van der Waals surface area contributed by atoms with Gasteiger partial charge >= 0.3 is 5.97 Å². The minimum atomic E-state index is -1.00. The van der Waals surface area contributed by atoms with E-state index in [1.807, 2.05) is 0 Å². The van der Waals surface area contributed by atoms with E-state index in [-0.39, 0.29) is 13.0 Å². The lowest BCUT2D eigenvalue weighted by atomic mass is 10.0. The Morgan fingerprint density at radius 2 is 1.65 bits per heavy atom. The summed E-state index contributed by atoms with van der Waals surface area (Å²) < 4.78 is 0. The molecule has 0 aromatic heterocycles. The van der Waals surface area contributed by atoms with Crippen LogP contribution in [0, 0.1) is 5.92 Å². The molecule has 0 aliphatic carbocycles. The highest BCUT2D eigenvalue weighted by atomic mass is 16.4. The molecule has 2 rings (SSSR count). The summed E-state index contributed by atoms with van der Waals surface area (Å²) in [6.07, 6.45) is -0.0673. The van der Waals surface area contributed by atoms with Gasteiger partial charge in [-0.05, 0) is 26.0 Å². The number of hydrogen-bond acceptors (Lipinski definition) is 4. The fraction of sp³-hybridized carbons (Fsp3) is 0.375. The van der Waals surface area contributed by atoms with Crippen LogP contribution in [0.2, 0.25) is 0 Å². The number of imide groups is 1. The van der Waals surface area contributed by atoms with Gasteiger partial charge < -0.3 is 10.4 Å². The molecule has 1 heterocycles. The second-order valence-electron chi connectivity index (χ2n) is 5.54. The standard InChI is InChI=1S/C16H18N2O5/c1-9(16(22)23)10(2)17-13(19)7-8-18-14(20)11-5-3-4-6-12(11)15(18)21/h3-6,9-10H,7-8H2,1-2H3,(H,17,19)(H,22,23). The highest BCUT2D eigenvalue weighted by Gasteiger charge is 2.35. The van der Waals surface area contributed by atoms with Crippen molar-refractivity contribution in [2.24, 2.45) is 5.92 Å². The van der Waals surface area contributed by atoms with E-state index >= 15 is 0 Å². The van der Waals surface area contributed by atoms with Gasteiger partial charge in [0.05, 0.1) is 17.0 Å². The maximum Gasteiger partial charge on any atom is 0.308 e. The molecule has 0 radical (unpaired) electrons. The van der Waals surface area contributed by atoms with Crippen LogP contribution in [0.1, 0.15) is 41.0 Å². The van der Waals surface area contributed by atoms with Gasteiger partial charge in [-0.3, -0.25) is 24.1 Å². The van der Waals surface area contributed by atoms with Crippen molar-refractivity contribution < 1.29 is 24.3 Å². The van der Waals surface area contributed by atoms with E-state index in [0.717, 1.165) is 4.90 Å². The van der Waals surface area contributed by atoms with E-state index in [1.54, 1.807) is 31.2 Å². The Morgan fingerprint density at radius 3 is 2.13 bits per heavy atom. The van der Waals surface area contributed by atoms with Gasteiger partial charge in [0.1, 0.15) is 0 Å². The first-order valence-electron chi connectivity index (χ1n) is 7.30. The number of aliphatic carboxylic acids is 1. The Labute approximate surface area is 133 Å². The van der Waals surface area contributed by atoms with Crippen molar-refractivity contribution in [2.45, 2.75) is 26.3 Å². The molecule has 1 aliphatic heterocycles. The van der Waals surface area contributed by atoms with Gasteiger partial charge in [0.2, 0.25) is 5.91 Å². The Bertz CT molecular complexity index is 635. The van der Waals surface area contributed by atoms with Crippen molar-refractivity contribution in [2.75, 3.05) is 6.54 Å². The molecule has 7 heteroatoms. The van der Waals surface area contributed by atoms with Crippen LogP contribution in [0.5, 0.6) is 0 Å². The number of rotatable bonds is 6. The van der Waals surface area contributed by atoms with Crippen LogP contribution < -0.4 is 5.32 Å². The first kappa shape index (κ1) is 16.7. The molecule has 122 valence electrons. The van der Waals surface area contributed by atoms with Gasteiger partial charge in [-0.15, -0.1) is 0 Å². The summed E-state index contributed by atoms with van der Waals surface area (Å²) in [6.45, 7) is 3.06. The topological polar surface area (TPSA) is 104 Å². The zero-order chi connectivity index (χ0) is 17.1. The molecule has 1 aliphatic rings. The number of amides is 3. The van der Waals surface area contributed by atoms with Gasteiger partial charge in [-0.1, -0.05) is 12.1 Å². The van der Waals surface area contributed by atoms with Crippen molar-refractivity contribution in [3.63, 3.8) is 0 Å². The SMILES string of the molecule is CC(NC(=O)CCN1C(=O)c2ccccc2C1=O)C(C)C(=O)O. The molecule has 0 fully saturated rings. The molecule has 7 nitrogen and oxygen atoms in total. The molecule has 0 bridgehead atoms. The van der Waals surface area contributed by atoms with Gasteiger partial charge in [0, 0.05) is 19.0 Å². The predicted molar refractivity (Wildman–Crippen MR) is 80.8 cm³/mol. The third kappa shape index (κ3) is 3.39. The lowest BCUT2D eigenvalue weighted by Crippen LogP contribution is -2.41. The minimum absolute atomic E-state index is 0.0354. The molecular weight excluding hydrogens is 300 g/mol. The van der Waals surface area contributed by atoms with Crippen LogP contribution in [0.4, 0.5) is 0 Å². The molecule has 3 amide bonds. The van der Waals surface area contributed by atoms with Gasteiger partial charge in [0.25, 0.3) is 11.8 Å². The predicted octanol–water partition coefficient (Wildman–Crippen LogP) is 0.898. The van der Waals surface area contributed by atoms with Crippen molar-refractivity contribution >= 4 is 23.7 Å². The molecule has 0 saturated carbocycles. The Balaban J connectivity index is 1.92. The highest BCUT2D eigenvalue weighted by molar-refractivity contribution is 6.21. The van der Waals surface area contributed by atoms with Crippen molar-refractivity contribution in [3.8, 4) is 0 Å². The zero-order valence-corrected chi connectivity index (χ0v) is 12.9. The van der Waals surface area contributed by atoms with E-state index in [0.29, 0.717) is 11.1 Å². The van der Waals surface area contributed by atoms with Gasteiger partial charge in [-0.25, -0.2) is 0 Å². The number of nitrogens with one attached hydrogen (secondary N) is 1. The van der Waals surface area contributed by atoms with E-state index in [2.05, 4.69) is 5.32 Å². The fourth-order valence-corrected chi connectivity index (χ4v) is 2.32. The molecule has 23 heavy (non-hydrogen) atoms. The number of hydrogen-bond donors (Lipinski definition) is 2. The maximum atomic E-state index is 12.1. The number of benzene rings is 1. The monoisotopic (exact) mass is 318 g/mol. The third-order valence-electron chi connectivity index (χ3n) is 3.97. The lowest BCUT2D eigenvalue weighted by Gasteiger charge is -2.19. The summed E-state index contributed by atoms with van der Waals surface area (Å²) in [4.78, 5) is 48.0. The van der Waals surface area contributed by atoms with E-state index < -0.39 is 35.7 Å². The number of nitrogens with zero attached hydrogens (tertiary/aromatic N) is 1. The maximum absolute atomic E-state index is 12.1. The smallest absolute Gasteiger partial charge is 0.308 e. The number of fused-ring (bicyclic) bond motifs is 1. The van der Waals surface area contributed by atoms with Crippen LogP contribution in [0.15, 0.2) is 24.3 Å². The summed E-state index contributed by atoms with van der Waals surface area (Å²) in [6, 6.07) is 5.96. The summed E-state index contributed by atoms with van der Waals surface area (Å²) >= 11 is 0. The van der Waals surface area contributed by atoms with E-state index in [1.165, 1.54) is 6.92 Å². The Kier molecular flexibility index (Phi) is 4.78. The Morgan fingerprint density at radius 1 is 1.13 bits per heavy atom. The minimum Gasteiger partial charge on any atom is -0.481 e. The lowest BCUT2D eigenvalue weighted by molar-refractivity contribution is -0.142. The highest BCUT2D eigenvalue weighted by Crippen LogP contribution is 2.22. The largest absolute Gasteiger partial charge is 0.481 e. The first-order valence-corrected chi connectivity index (χ1v) is 7.30. The van der Waals surface area contributed by atoms with Crippen LogP contribution in [-0.4, -0.2) is 46.3 Å². The fourth-order valence-electron chi connectivity index (χ4n) is 2.32. The average molecular weight is 318 g/mol. The average Bonchev–Trinajstić information content (AvgIpc) is 2.76. The van der Waals surface area contributed by atoms with Gasteiger partial charge in [0.15, 0.2) is 0 Å². The molecule has 0 saturated heterocycles. The summed E-state index contributed by atoms with van der Waals surface area (Å²) in [5.41, 5.74) is 0.677. The Hall–Kier alpha value is -2.70. The normalized spacial score (nSPS) is 16.0. The van der Waals surface area contributed by atoms with Crippen LogP contribution in [0.3, 0.4) is 0 Å². The zero-order valence-electron chi connectivity index (χ0n) is 12.9. The molecule has 0 spiro atoms.